The van der Waals surface area contributed by atoms with E-state index in [-0.39, 0.29) is 18.2 Å². The van der Waals surface area contributed by atoms with Crippen molar-refractivity contribution in [1.29, 1.82) is 0 Å². The predicted octanol–water partition coefficient (Wildman–Crippen LogP) is 1.30. The fraction of sp³-hybridized carbons (Fsp3) is 0.250. The Kier molecular flexibility index (Phi) is 2.90. The molecule has 0 aliphatic rings. The molecule has 0 amide bonds. The van der Waals surface area contributed by atoms with Crippen LogP contribution in [0.3, 0.4) is 0 Å². The summed E-state index contributed by atoms with van der Waals surface area (Å²) in [7, 11) is 10.5. The van der Waals surface area contributed by atoms with E-state index in [1.54, 1.807) is 0 Å². The van der Waals surface area contributed by atoms with E-state index in [1.165, 1.54) is 6.07 Å². The standard InChI is InChI=1S/C8H6B2F2/c9-3-5-1-2-7(11)8(12)6(5)4-10/h1-2H,3-4H2. The summed E-state index contributed by atoms with van der Waals surface area (Å²) in [6.45, 7) is 0. The molecule has 4 heteroatoms. The SMILES string of the molecule is [B]Cc1ccc(F)c(F)c1C[B]. The van der Waals surface area contributed by atoms with Crippen molar-refractivity contribution in [1.82, 2.24) is 0 Å². The second-order valence-electron chi connectivity index (χ2n) is 2.41. The molecule has 1 rings (SSSR count). The Hall–Kier alpha value is -0.790. The molecule has 0 saturated carbocycles. The van der Waals surface area contributed by atoms with Gasteiger partial charge >= 0.3 is 0 Å². The third-order valence-electron chi connectivity index (χ3n) is 1.72. The van der Waals surface area contributed by atoms with E-state index in [1.807, 2.05) is 0 Å². The minimum Gasteiger partial charge on any atom is -0.204 e. The Labute approximate surface area is 72.8 Å². The van der Waals surface area contributed by atoms with E-state index in [9.17, 15) is 8.78 Å². The zero-order chi connectivity index (χ0) is 9.14. The highest BCUT2D eigenvalue weighted by Crippen LogP contribution is 2.16. The van der Waals surface area contributed by atoms with Gasteiger partial charge in [0, 0.05) is 0 Å². The molecule has 0 unspecified atom stereocenters. The van der Waals surface area contributed by atoms with Crippen molar-refractivity contribution in [3.05, 3.63) is 34.9 Å². The molecule has 0 atom stereocenters. The number of benzene rings is 1. The molecule has 0 saturated heterocycles. The van der Waals surface area contributed by atoms with Crippen LogP contribution in [0, 0.1) is 11.6 Å². The summed E-state index contributed by atoms with van der Waals surface area (Å²) in [5, 5.41) is 0. The first-order valence-electron chi connectivity index (χ1n) is 3.56. The van der Waals surface area contributed by atoms with Crippen LogP contribution in [0.25, 0.3) is 0 Å². The fourth-order valence-electron chi connectivity index (χ4n) is 1.04. The molecule has 0 fully saturated rings. The molecular formula is C8H6B2F2. The van der Waals surface area contributed by atoms with Crippen LogP contribution in [0.4, 0.5) is 8.78 Å². The van der Waals surface area contributed by atoms with Gasteiger partial charge < -0.3 is 0 Å². The maximum atomic E-state index is 12.9. The fourth-order valence-corrected chi connectivity index (χ4v) is 1.04. The van der Waals surface area contributed by atoms with E-state index >= 15 is 0 Å². The number of hydrogen-bond donors (Lipinski definition) is 0. The van der Waals surface area contributed by atoms with Gasteiger partial charge in [0.1, 0.15) is 0 Å². The third-order valence-corrected chi connectivity index (χ3v) is 1.72. The largest absolute Gasteiger partial charge is 0.204 e. The highest BCUT2D eigenvalue weighted by molar-refractivity contribution is 6.10. The van der Waals surface area contributed by atoms with Gasteiger partial charge in [0.05, 0.1) is 15.7 Å². The first-order chi connectivity index (χ1) is 5.70. The zero-order valence-electron chi connectivity index (χ0n) is 6.48. The normalized spacial score (nSPS) is 10.2. The van der Waals surface area contributed by atoms with Crippen LogP contribution in [0.5, 0.6) is 0 Å². The van der Waals surface area contributed by atoms with Gasteiger partial charge in [-0.3, -0.25) is 0 Å². The summed E-state index contributed by atoms with van der Waals surface area (Å²) in [5.74, 6) is -1.77. The van der Waals surface area contributed by atoms with E-state index < -0.39 is 11.6 Å². The lowest BCUT2D eigenvalue weighted by Gasteiger charge is -2.06. The lowest BCUT2D eigenvalue weighted by atomic mass is 9.86. The van der Waals surface area contributed by atoms with Crippen molar-refractivity contribution in [2.45, 2.75) is 12.6 Å². The van der Waals surface area contributed by atoms with Gasteiger partial charge in [-0.25, -0.2) is 8.78 Å². The summed E-state index contributed by atoms with van der Waals surface area (Å²) in [4.78, 5) is 0. The summed E-state index contributed by atoms with van der Waals surface area (Å²) in [6.07, 6.45) is 0.139. The van der Waals surface area contributed by atoms with Crippen LogP contribution in [0.15, 0.2) is 12.1 Å². The Morgan fingerprint density at radius 3 is 2.25 bits per heavy atom. The molecule has 0 bridgehead atoms. The summed E-state index contributed by atoms with van der Waals surface area (Å²) < 4.78 is 25.6. The molecule has 12 heavy (non-hydrogen) atoms. The lowest BCUT2D eigenvalue weighted by molar-refractivity contribution is 0.501. The predicted molar refractivity (Wildman–Crippen MR) is 45.3 cm³/mol. The molecule has 0 spiro atoms. The molecule has 58 valence electrons. The monoisotopic (exact) mass is 162 g/mol. The molecule has 4 radical (unpaired) electrons. The summed E-state index contributed by atoms with van der Waals surface area (Å²) >= 11 is 0. The highest BCUT2D eigenvalue weighted by Gasteiger charge is 2.09. The van der Waals surface area contributed by atoms with Crippen LogP contribution in [-0.2, 0) is 12.6 Å². The second-order valence-corrected chi connectivity index (χ2v) is 2.41. The number of hydrogen-bond acceptors (Lipinski definition) is 0. The summed E-state index contributed by atoms with van der Waals surface area (Å²) in [6, 6.07) is 2.50. The molecule has 0 heterocycles. The minimum atomic E-state index is -0.888. The molecule has 0 aromatic heterocycles. The zero-order valence-corrected chi connectivity index (χ0v) is 6.48. The van der Waals surface area contributed by atoms with E-state index in [0.29, 0.717) is 5.56 Å². The second kappa shape index (κ2) is 3.74. The number of halogens is 2. The van der Waals surface area contributed by atoms with Gasteiger partial charge in [-0.2, -0.15) is 0 Å². The van der Waals surface area contributed by atoms with Crippen molar-refractivity contribution in [2.24, 2.45) is 0 Å². The van der Waals surface area contributed by atoms with Crippen LogP contribution < -0.4 is 0 Å². The average molecular weight is 162 g/mol. The van der Waals surface area contributed by atoms with Crippen molar-refractivity contribution in [3.63, 3.8) is 0 Å². The van der Waals surface area contributed by atoms with E-state index in [4.69, 9.17) is 15.7 Å². The average Bonchev–Trinajstić information content (AvgIpc) is 2.09. The molecule has 0 N–H and O–H groups in total. The van der Waals surface area contributed by atoms with Gasteiger partial charge in [0.15, 0.2) is 11.6 Å². The van der Waals surface area contributed by atoms with Gasteiger partial charge in [-0.1, -0.05) is 24.3 Å². The quantitative estimate of drug-likeness (QED) is 0.574. The van der Waals surface area contributed by atoms with Crippen molar-refractivity contribution >= 4 is 15.7 Å². The van der Waals surface area contributed by atoms with Crippen molar-refractivity contribution in [3.8, 4) is 0 Å². The molecule has 0 nitrogen and oxygen atoms in total. The Bertz CT molecular complexity index is 287. The van der Waals surface area contributed by atoms with Crippen molar-refractivity contribution < 1.29 is 8.78 Å². The Morgan fingerprint density at radius 1 is 1.08 bits per heavy atom. The third kappa shape index (κ3) is 1.52. The maximum Gasteiger partial charge on any atom is 0.161 e. The van der Waals surface area contributed by atoms with Gasteiger partial charge in [-0.15, -0.1) is 0 Å². The van der Waals surface area contributed by atoms with Crippen molar-refractivity contribution in [2.75, 3.05) is 0 Å². The smallest absolute Gasteiger partial charge is 0.161 e. The topological polar surface area (TPSA) is 0 Å². The number of rotatable bonds is 2. The van der Waals surface area contributed by atoms with Crippen LogP contribution in [-0.4, -0.2) is 15.7 Å². The molecule has 0 aliphatic carbocycles. The van der Waals surface area contributed by atoms with Gasteiger partial charge in [0.25, 0.3) is 0 Å². The van der Waals surface area contributed by atoms with Crippen LogP contribution >= 0.6 is 0 Å². The summed E-state index contributed by atoms with van der Waals surface area (Å²) in [5.41, 5.74) is 0.717. The van der Waals surface area contributed by atoms with E-state index in [0.717, 1.165) is 6.07 Å². The van der Waals surface area contributed by atoms with Gasteiger partial charge in [0.2, 0.25) is 0 Å². The lowest BCUT2D eigenvalue weighted by Crippen LogP contribution is -2.01. The highest BCUT2D eigenvalue weighted by atomic mass is 19.2. The van der Waals surface area contributed by atoms with E-state index in [2.05, 4.69) is 0 Å². The Morgan fingerprint density at radius 2 is 1.75 bits per heavy atom. The first kappa shape index (κ1) is 9.30. The Balaban J connectivity index is 3.25. The minimum absolute atomic E-state index is 0.0316. The van der Waals surface area contributed by atoms with Crippen LogP contribution in [0.1, 0.15) is 11.1 Å². The molecule has 0 aliphatic heterocycles. The maximum absolute atomic E-state index is 12.9. The molecular weight excluding hydrogens is 156 g/mol. The first-order valence-corrected chi connectivity index (χ1v) is 3.56. The van der Waals surface area contributed by atoms with Gasteiger partial charge in [-0.05, 0) is 11.6 Å². The van der Waals surface area contributed by atoms with Crippen LogP contribution in [0.2, 0.25) is 0 Å². The molecule has 1 aromatic rings. The molecule has 1 aromatic carbocycles.